The van der Waals surface area contributed by atoms with Gasteiger partial charge in [0.15, 0.2) is 6.23 Å². The molecule has 1 spiro atoms. The zero-order valence-corrected chi connectivity index (χ0v) is 20.2. The maximum atomic E-state index is 12.4. The van der Waals surface area contributed by atoms with Gasteiger partial charge in [0.2, 0.25) is 0 Å². The third kappa shape index (κ3) is 3.50. The van der Waals surface area contributed by atoms with E-state index in [9.17, 15) is 9.59 Å². The molecule has 0 bridgehead atoms. The molecule has 36 heavy (non-hydrogen) atoms. The molecular weight excluding hydrogens is 458 g/mol. The third-order valence-corrected chi connectivity index (χ3v) is 7.92. The number of aryl methyl sites for hydroxylation is 1. The van der Waals surface area contributed by atoms with Gasteiger partial charge in [0.25, 0.3) is 0 Å². The molecule has 2 aliphatic carbocycles. The number of rotatable bonds is 4. The van der Waals surface area contributed by atoms with Gasteiger partial charge in [0.05, 0.1) is 11.4 Å². The Morgan fingerprint density at radius 1 is 1.22 bits per heavy atom. The Bertz CT molecular complexity index is 1410. The molecule has 3 aromatic rings. The quantitative estimate of drug-likeness (QED) is 0.423. The van der Waals surface area contributed by atoms with E-state index in [0.717, 1.165) is 72.1 Å². The Hall–Kier alpha value is -3.66. The first-order valence-corrected chi connectivity index (χ1v) is 12.7. The first-order chi connectivity index (χ1) is 17.4. The van der Waals surface area contributed by atoms with Gasteiger partial charge in [-0.1, -0.05) is 0 Å². The number of pyridine rings is 2. The summed E-state index contributed by atoms with van der Waals surface area (Å²) in [6.07, 6.45) is 10.2. The van der Waals surface area contributed by atoms with Crippen molar-refractivity contribution in [3.63, 3.8) is 0 Å². The van der Waals surface area contributed by atoms with Crippen LogP contribution in [-0.2, 0) is 20.7 Å². The van der Waals surface area contributed by atoms with Crippen molar-refractivity contribution < 1.29 is 14.3 Å². The summed E-state index contributed by atoms with van der Waals surface area (Å²) in [6, 6.07) is 4.18. The van der Waals surface area contributed by atoms with E-state index in [4.69, 9.17) is 15.5 Å². The Balaban J connectivity index is 1.36. The van der Waals surface area contributed by atoms with E-state index in [-0.39, 0.29) is 5.54 Å². The summed E-state index contributed by atoms with van der Waals surface area (Å²) >= 11 is 0. The first kappa shape index (κ1) is 21.6. The first-order valence-electron chi connectivity index (χ1n) is 12.7. The lowest BCUT2D eigenvalue weighted by Gasteiger charge is -2.36. The molecular formula is C26H29N7O3. The zero-order valence-electron chi connectivity index (χ0n) is 20.2. The Kier molecular flexibility index (Phi) is 4.60. The molecule has 10 heteroatoms. The van der Waals surface area contributed by atoms with Crippen LogP contribution in [0, 0.1) is 6.92 Å². The summed E-state index contributed by atoms with van der Waals surface area (Å²) in [5.41, 5.74) is 11.5. The number of carbonyl (C=O) groups excluding carboxylic acids is 2. The SMILES string of the molecule is Cc1cn2cc(N3c4nccc(N5CCNC6(CC6)C5)c4CC3OC(=O)C(N)=O)c(C3CC3)cc2n1. The number of esters is 1. The van der Waals surface area contributed by atoms with Crippen LogP contribution < -0.4 is 20.9 Å². The van der Waals surface area contributed by atoms with E-state index in [2.05, 4.69) is 27.3 Å². The highest BCUT2D eigenvalue weighted by atomic mass is 16.6. The normalized spacial score (nSPS) is 22.2. The number of amides is 1. The average molecular weight is 488 g/mol. The zero-order chi connectivity index (χ0) is 24.6. The molecule has 7 rings (SSSR count). The van der Waals surface area contributed by atoms with Crippen molar-refractivity contribution in [1.82, 2.24) is 19.7 Å². The number of ether oxygens (including phenoxy) is 1. The summed E-state index contributed by atoms with van der Waals surface area (Å²) in [6.45, 7) is 4.75. The maximum Gasteiger partial charge on any atom is 0.398 e. The molecule has 2 aliphatic heterocycles. The van der Waals surface area contributed by atoms with E-state index in [1.165, 1.54) is 12.8 Å². The van der Waals surface area contributed by atoms with Crippen LogP contribution in [0.3, 0.4) is 0 Å². The van der Waals surface area contributed by atoms with E-state index in [0.29, 0.717) is 12.3 Å². The number of anilines is 3. The minimum absolute atomic E-state index is 0.216. The third-order valence-electron chi connectivity index (χ3n) is 7.92. The van der Waals surface area contributed by atoms with Crippen molar-refractivity contribution in [1.29, 1.82) is 0 Å². The minimum Gasteiger partial charge on any atom is -0.434 e. The van der Waals surface area contributed by atoms with Gasteiger partial charge in [-0.3, -0.25) is 9.69 Å². The van der Waals surface area contributed by atoms with Gasteiger partial charge in [-0.05, 0) is 56.2 Å². The largest absolute Gasteiger partial charge is 0.434 e. The molecule has 10 nitrogen and oxygen atoms in total. The molecule has 0 aromatic carbocycles. The van der Waals surface area contributed by atoms with Crippen LogP contribution in [0.4, 0.5) is 17.2 Å². The van der Waals surface area contributed by atoms with Crippen LogP contribution in [-0.4, -0.2) is 57.6 Å². The highest BCUT2D eigenvalue weighted by molar-refractivity contribution is 6.31. The number of piperazine rings is 1. The van der Waals surface area contributed by atoms with E-state index < -0.39 is 18.1 Å². The van der Waals surface area contributed by atoms with Crippen molar-refractivity contribution in [3.05, 3.63) is 47.5 Å². The lowest BCUT2D eigenvalue weighted by molar-refractivity contribution is -0.157. The maximum absolute atomic E-state index is 12.4. The van der Waals surface area contributed by atoms with Crippen molar-refractivity contribution in [2.75, 3.05) is 29.4 Å². The average Bonchev–Trinajstić information content (AvgIpc) is 3.77. The van der Waals surface area contributed by atoms with Gasteiger partial charge < -0.3 is 25.1 Å². The molecule has 1 amide bonds. The molecule has 1 unspecified atom stereocenters. The van der Waals surface area contributed by atoms with Crippen molar-refractivity contribution in [2.24, 2.45) is 5.73 Å². The number of imidazole rings is 1. The minimum atomic E-state index is -1.10. The monoisotopic (exact) mass is 487 g/mol. The Morgan fingerprint density at radius 3 is 2.81 bits per heavy atom. The van der Waals surface area contributed by atoms with Gasteiger partial charge in [-0.25, -0.2) is 14.8 Å². The molecule has 0 radical (unpaired) electrons. The number of nitrogens with two attached hydrogens (primary N) is 1. The van der Waals surface area contributed by atoms with E-state index in [1.807, 2.05) is 34.8 Å². The van der Waals surface area contributed by atoms with Gasteiger partial charge in [-0.15, -0.1) is 0 Å². The molecule has 1 saturated heterocycles. The summed E-state index contributed by atoms with van der Waals surface area (Å²) < 4.78 is 7.71. The number of carbonyl (C=O) groups is 2. The number of fused-ring (bicyclic) bond motifs is 2. The van der Waals surface area contributed by atoms with E-state index in [1.54, 1.807) is 0 Å². The lowest BCUT2D eigenvalue weighted by Crippen LogP contribution is -2.52. The number of aromatic nitrogens is 3. The molecule has 2 saturated carbocycles. The fraction of sp³-hybridized carbons (Fsp3) is 0.462. The van der Waals surface area contributed by atoms with Crippen LogP contribution in [0.2, 0.25) is 0 Å². The highest BCUT2D eigenvalue weighted by Gasteiger charge is 2.47. The Labute approximate surface area is 208 Å². The molecule has 186 valence electrons. The summed E-state index contributed by atoms with van der Waals surface area (Å²) in [7, 11) is 0. The molecule has 3 fully saturated rings. The van der Waals surface area contributed by atoms with Gasteiger partial charge >= 0.3 is 11.9 Å². The lowest BCUT2D eigenvalue weighted by atomic mass is 10.1. The van der Waals surface area contributed by atoms with Crippen molar-refractivity contribution in [3.8, 4) is 0 Å². The molecule has 3 aromatic heterocycles. The molecule has 1 atom stereocenters. The summed E-state index contributed by atoms with van der Waals surface area (Å²) in [5.74, 6) is -0.952. The van der Waals surface area contributed by atoms with Gasteiger partial charge in [0.1, 0.15) is 11.5 Å². The fourth-order valence-electron chi connectivity index (χ4n) is 5.85. The van der Waals surface area contributed by atoms with Crippen LogP contribution >= 0.6 is 0 Å². The van der Waals surface area contributed by atoms with Crippen molar-refractivity contribution in [2.45, 2.75) is 56.7 Å². The fourth-order valence-corrected chi connectivity index (χ4v) is 5.85. The van der Waals surface area contributed by atoms with Crippen LogP contribution in [0.25, 0.3) is 5.65 Å². The second kappa shape index (κ2) is 7.67. The summed E-state index contributed by atoms with van der Waals surface area (Å²) in [5, 5.41) is 3.67. The summed E-state index contributed by atoms with van der Waals surface area (Å²) in [4.78, 5) is 37.9. The number of hydrogen-bond acceptors (Lipinski definition) is 8. The highest BCUT2D eigenvalue weighted by Crippen LogP contribution is 2.50. The second-order valence-electron chi connectivity index (χ2n) is 10.6. The number of hydrogen-bond donors (Lipinski definition) is 2. The second-order valence-corrected chi connectivity index (χ2v) is 10.6. The van der Waals surface area contributed by atoms with Crippen molar-refractivity contribution >= 4 is 34.7 Å². The van der Waals surface area contributed by atoms with Crippen LogP contribution in [0.15, 0.2) is 30.7 Å². The number of primary amides is 1. The smallest absolute Gasteiger partial charge is 0.398 e. The number of nitrogens with zero attached hydrogens (tertiary/aromatic N) is 5. The molecule has 4 aliphatic rings. The molecule has 3 N–H and O–H groups in total. The Morgan fingerprint density at radius 2 is 2.06 bits per heavy atom. The predicted molar refractivity (Wildman–Crippen MR) is 133 cm³/mol. The van der Waals surface area contributed by atoms with Crippen LogP contribution in [0.5, 0.6) is 0 Å². The van der Waals surface area contributed by atoms with E-state index >= 15 is 0 Å². The number of nitrogens with one attached hydrogen (secondary N) is 1. The topological polar surface area (TPSA) is 118 Å². The van der Waals surface area contributed by atoms with Gasteiger partial charge in [-0.2, -0.15) is 0 Å². The standard InChI is InChI=1S/C26H29N7O3/c1-15-12-32-13-20(17(16-2-3-16)10-21(32)30-15)33-22(36-25(35)23(27)34)11-18-19(4-7-28-24(18)33)31-9-8-29-26(14-31)5-6-26/h4,7,10,12-13,16,22,29H,2-3,5-6,8-9,11,14H2,1H3,(H2,27,34). The molecule has 5 heterocycles. The predicted octanol–water partition coefficient (Wildman–Crippen LogP) is 1.91. The van der Waals surface area contributed by atoms with Gasteiger partial charge in [0, 0.05) is 61.4 Å². The van der Waals surface area contributed by atoms with Crippen LogP contribution in [0.1, 0.15) is 48.4 Å².